The zero-order chi connectivity index (χ0) is 23.8. The lowest BCUT2D eigenvalue weighted by Gasteiger charge is -2.40. The first-order valence-corrected chi connectivity index (χ1v) is 12.4. The Balaban J connectivity index is 1.58. The van der Waals surface area contributed by atoms with Crippen LogP contribution in [0.4, 0.5) is 5.82 Å². The van der Waals surface area contributed by atoms with Gasteiger partial charge in [-0.3, -0.25) is 9.59 Å². The van der Waals surface area contributed by atoms with Crippen molar-refractivity contribution >= 4 is 52.6 Å². The maximum absolute atomic E-state index is 12.9. The maximum Gasteiger partial charge on any atom is 0.254 e. The highest BCUT2D eigenvalue weighted by Gasteiger charge is 2.29. The molecule has 8 nitrogen and oxygen atoms in total. The summed E-state index contributed by atoms with van der Waals surface area (Å²) >= 11 is 13.4. The number of hydrogen-bond donors (Lipinski definition) is 1. The van der Waals surface area contributed by atoms with Crippen LogP contribution in [0.5, 0.6) is 0 Å². The van der Waals surface area contributed by atoms with E-state index in [1.165, 1.54) is 11.8 Å². The van der Waals surface area contributed by atoms with E-state index in [0.717, 1.165) is 6.42 Å². The van der Waals surface area contributed by atoms with Gasteiger partial charge < -0.3 is 19.9 Å². The van der Waals surface area contributed by atoms with E-state index in [2.05, 4.69) is 20.2 Å². The van der Waals surface area contributed by atoms with Gasteiger partial charge >= 0.3 is 0 Å². The lowest BCUT2D eigenvalue weighted by atomic mass is 10.1. The Hall–Kier alpha value is -2.07. The molecular formula is C22H27Cl2N5O3S. The third-order valence-corrected chi connectivity index (χ3v) is 6.44. The third kappa shape index (κ3) is 7.46. The highest BCUT2D eigenvalue weighted by atomic mass is 35.5. The normalized spacial score (nSPS) is 16.1. The summed E-state index contributed by atoms with van der Waals surface area (Å²) in [6, 6.07) is 8.61. The molecule has 2 aromatic rings. The molecule has 1 aliphatic heterocycles. The molecule has 2 heterocycles. The molecule has 0 radical (unpaired) electrons. The van der Waals surface area contributed by atoms with Gasteiger partial charge in [0.1, 0.15) is 11.0 Å². The summed E-state index contributed by atoms with van der Waals surface area (Å²) in [5.41, 5.74) is 0.615. The number of thioether (sulfide) groups is 1. The minimum Gasteiger partial charge on any atom is -0.385 e. The van der Waals surface area contributed by atoms with E-state index in [-0.39, 0.29) is 23.6 Å². The van der Waals surface area contributed by atoms with Crippen LogP contribution in [0.1, 0.15) is 23.7 Å². The second-order valence-electron chi connectivity index (χ2n) is 7.62. The molecule has 178 valence electrons. The van der Waals surface area contributed by atoms with Gasteiger partial charge in [0.2, 0.25) is 5.91 Å². The van der Waals surface area contributed by atoms with E-state index in [1.807, 2.05) is 11.8 Å². The predicted octanol–water partition coefficient (Wildman–Crippen LogP) is 3.38. The van der Waals surface area contributed by atoms with Crippen LogP contribution in [0.25, 0.3) is 0 Å². The molecule has 3 rings (SSSR count). The molecule has 2 amide bonds. The number of piperazine rings is 1. The number of carbonyl (C=O) groups is 2. The average molecular weight is 512 g/mol. The number of aromatic nitrogens is 2. The number of nitrogens with one attached hydrogen (secondary N) is 1. The quantitative estimate of drug-likeness (QED) is 0.239. The van der Waals surface area contributed by atoms with Crippen molar-refractivity contribution in [2.45, 2.75) is 24.5 Å². The van der Waals surface area contributed by atoms with Gasteiger partial charge in [-0.1, -0.05) is 35.0 Å². The average Bonchev–Trinajstić information content (AvgIpc) is 2.80. The van der Waals surface area contributed by atoms with Crippen LogP contribution in [-0.4, -0.2) is 78.4 Å². The Bertz CT molecular complexity index is 964. The fourth-order valence-corrected chi connectivity index (χ4v) is 4.50. The minimum absolute atomic E-state index is 0.0210. The monoisotopic (exact) mass is 511 g/mol. The third-order valence-electron chi connectivity index (χ3n) is 5.14. The topological polar surface area (TPSA) is 87.7 Å². The van der Waals surface area contributed by atoms with E-state index in [4.69, 9.17) is 27.9 Å². The number of anilines is 1. The summed E-state index contributed by atoms with van der Waals surface area (Å²) in [6.07, 6.45) is 0.759. The molecule has 11 heteroatoms. The van der Waals surface area contributed by atoms with Crippen LogP contribution >= 0.6 is 35.0 Å². The molecule has 1 unspecified atom stereocenters. The zero-order valence-corrected chi connectivity index (χ0v) is 20.9. The van der Waals surface area contributed by atoms with Crippen molar-refractivity contribution in [1.82, 2.24) is 20.2 Å². The molecule has 1 atom stereocenters. The van der Waals surface area contributed by atoms with Crippen molar-refractivity contribution in [2.24, 2.45) is 0 Å². The number of rotatable bonds is 9. The molecule has 1 fully saturated rings. The van der Waals surface area contributed by atoms with Crippen molar-refractivity contribution in [3.63, 3.8) is 0 Å². The SMILES string of the molecule is COCCCNC(=O)CSc1nc(Cl)cc(N2CCN(C(=O)c3ccc(Cl)cc3)C(C)C2)n1. The molecule has 1 aromatic carbocycles. The maximum atomic E-state index is 12.9. The first kappa shape index (κ1) is 25.6. The number of amides is 2. The standard InChI is InChI=1S/C22H27Cl2N5O3S/c1-15-13-28(9-10-29(15)21(31)16-4-6-17(23)7-5-16)19-12-18(24)26-22(27-19)33-14-20(30)25-8-3-11-32-2/h4-7,12,15H,3,8-11,13-14H2,1-2H3,(H,25,30). The van der Waals surface area contributed by atoms with Crippen molar-refractivity contribution in [3.8, 4) is 0 Å². The van der Waals surface area contributed by atoms with Gasteiger partial charge in [0.05, 0.1) is 5.75 Å². The Morgan fingerprint density at radius 1 is 1.21 bits per heavy atom. The number of hydrogen-bond acceptors (Lipinski definition) is 7. The highest BCUT2D eigenvalue weighted by Crippen LogP contribution is 2.25. The molecule has 0 saturated carbocycles. The first-order chi connectivity index (χ1) is 15.9. The molecule has 1 saturated heterocycles. The molecule has 33 heavy (non-hydrogen) atoms. The second-order valence-corrected chi connectivity index (χ2v) is 9.38. The molecular weight excluding hydrogens is 485 g/mol. The summed E-state index contributed by atoms with van der Waals surface area (Å²) in [5, 5.41) is 4.19. The number of ether oxygens (including phenoxy) is 1. The summed E-state index contributed by atoms with van der Waals surface area (Å²) in [4.78, 5) is 37.7. The number of benzene rings is 1. The fraction of sp³-hybridized carbons (Fsp3) is 0.455. The highest BCUT2D eigenvalue weighted by molar-refractivity contribution is 7.99. The Labute approximate surface area is 208 Å². The van der Waals surface area contributed by atoms with Crippen LogP contribution in [0.3, 0.4) is 0 Å². The molecule has 1 aromatic heterocycles. The lowest BCUT2D eigenvalue weighted by molar-refractivity contribution is -0.118. The van der Waals surface area contributed by atoms with E-state index >= 15 is 0 Å². The molecule has 0 spiro atoms. The summed E-state index contributed by atoms with van der Waals surface area (Å²) in [5.74, 6) is 0.770. The Morgan fingerprint density at radius 3 is 2.67 bits per heavy atom. The zero-order valence-electron chi connectivity index (χ0n) is 18.6. The number of nitrogens with zero attached hydrogens (tertiary/aromatic N) is 4. The van der Waals surface area contributed by atoms with E-state index in [1.54, 1.807) is 37.4 Å². The number of carbonyl (C=O) groups excluding carboxylic acids is 2. The van der Waals surface area contributed by atoms with Gasteiger partial charge in [0, 0.05) is 62.6 Å². The molecule has 1 N–H and O–H groups in total. The second kappa shape index (κ2) is 12.4. The van der Waals surface area contributed by atoms with Crippen molar-refractivity contribution in [3.05, 3.63) is 46.1 Å². The van der Waals surface area contributed by atoms with Crippen LogP contribution in [0.15, 0.2) is 35.5 Å². The number of halogens is 2. The Morgan fingerprint density at radius 2 is 1.97 bits per heavy atom. The summed E-state index contributed by atoms with van der Waals surface area (Å²) in [6.45, 7) is 4.94. The first-order valence-electron chi connectivity index (χ1n) is 10.6. The van der Waals surface area contributed by atoms with E-state index in [9.17, 15) is 9.59 Å². The Kier molecular flexibility index (Phi) is 9.61. The van der Waals surface area contributed by atoms with Crippen LogP contribution in [0.2, 0.25) is 10.2 Å². The summed E-state index contributed by atoms with van der Waals surface area (Å²) < 4.78 is 4.97. The summed E-state index contributed by atoms with van der Waals surface area (Å²) in [7, 11) is 1.63. The molecule has 1 aliphatic rings. The lowest BCUT2D eigenvalue weighted by Crippen LogP contribution is -2.54. The minimum atomic E-state index is -0.0934. The van der Waals surface area contributed by atoms with Gasteiger partial charge in [-0.05, 0) is 37.6 Å². The fourth-order valence-electron chi connectivity index (χ4n) is 3.46. The van der Waals surface area contributed by atoms with Crippen LogP contribution in [-0.2, 0) is 9.53 Å². The van der Waals surface area contributed by atoms with Crippen molar-refractivity contribution in [2.75, 3.05) is 50.5 Å². The van der Waals surface area contributed by atoms with Gasteiger partial charge in [-0.2, -0.15) is 0 Å². The molecule has 0 bridgehead atoms. The van der Waals surface area contributed by atoms with Gasteiger partial charge in [-0.25, -0.2) is 9.97 Å². The molecule has 0 aliphatic carbocycles. The van der Waals surface area contributed by atoms with Crippen LogP contribution < -0.4 is 10.2 Å². The predicted molar refractivity (Wildman–Crippen MR) is 131 cm³/mol. The number of methoxy groups -OCH3 is 1. The van der Waals surface area contributed by atoms with Crippen molar-refractivity contribution in [1.29, 1.82) is 0 Å². The van der Waals surface area contributed by atoms with Crippen LogP contribution in [0, 0.1) is 0 Å². The van der Waals surface area contributed by atoms with Gasteiger partial charge in [0.25, 0.3) is 5.91 Å². The van der Waals surface area contributed by atoms with Gasteiger partial charge in [0.15, 0.2) is 5.16 Å². The smallest absolute Gasteiger partial charge is 0.254 e. The van der Waals surface area contributed by atoms with E-state index < -0.39 is 0 Å². The van der Waals surface area contributed by atoms with Gasteiger partial charge in [-0.15, -0.1) is 0 Å². The van der Waals surface area contributed by atoms with E-state index in [0.29, 0.717) is 59.5 Å². The largest absolute Gasteiger partial charge is 0.385 e. The van der Waals surface area contributed by atoms with Crippen molar-refractivity contribution < 1.29 is 14.3 Å².